The minimum Gasteiger partial charge on any atom is -0.481 e. The summed E-state index contributed by atoms with van der Waals surface area (Å²) in [5, 5.41) is 19.8. The van der Waals surface area contributed by atoms with Gasteiger partial charge >= 0.3 is 5.97 Å². The Hall–Kier alpha value is -5.22. The largest absolute Gasteiger partial charge is 0.481 e. The highest BCUT2D eigenvalue weighted by Gasteiger charge is 2.45. The number of para-hydroxylation sites is 2. The fourth-order valence-electron chi connectivity index (χ4n) is 6.69. The van der Waals surface area contributed by atoms with Gasteiger partial charge in [0, 0.05) is 41.1 Å². The zero-order chi connectivity index (χ0) is 32.0. The molecule has 1 N–H and O–H groups in total. The van der Waals surface area contributed by atoms with Crippen molar-refractivity contribution in [2.75, 3.05) is 24.6 Å². The minimum atomic E-state index is -0.861. The zero-order valence-electron chi connectivity index (χ0n) is 25.9. The van der Waals surface area contributed by atoms with Crippen molar-refractivity contribution >= 4 is 29.5 Å². The number of fused-ring (bicyclic) bond motifs is 2. The van der Waals surface area contributed by atoms with Crippen molar-refractivity contribution in [1.82, 2.24) is 0 Å². The maximum Gasteiger partial charge on any atom is 0.305 e. The molecule has 45 heavy (non-hydrogen) atoms. The molecule has 0 fully saturated rings. The first-order valence-electron chi connectivity index (χ1n) is 15.1. The van der Waals surface area contributed by atoms with Gasteiger partial charge < -0.3 is 14.7 Å². The van der Waals surface area contributed by atoms with Crippen molar-refractivity contribution in [3.05, 3.63) is 131 Å². The second-order valence-electron chi connectivity index (χ2n) is 12.1. The molecule has 0 saturated carbocycles. The number of nitrogens with zero attached hydrogens (tertiary/aromatic N) is 3. The van der Waals surface area contributed by atoms with Crippen molar-refractivity contribution in [3.63, 3.8) is 0 Å². The van der Waals surface area contributed by atoms with E-state index < -0.39 is 11.4 Å². The Balaban J connectivity index is 1.56. The number of anilines is 1. The number of allylic oxidation sites excluding steroid dienone is 6. The first kappa shape index (κ1) is 31.2. The Bertz CT molecular complexity index is 1760. The van der Waals surface area contributed by atoms with Crippen LogP contribution in [0.15, 0.2) is 114 Å². The third kappa shape index (κ3) is 6.23. The Kier molecular flexibility index (Phi) is 9.15. The predicted molar refractivity (Wildman–Crippen MR) is 176 cm³/mol. The van der Waals surface area contributed by atoms with Crippen LogP contribution in [0.4, 0.5) is 11.4 Å². The summed E-state index contributed by atoms with van der Waals surface area (Å²) >= 11 is 0. The van der Waals surface area contributed by atoms with E-state index in [1.807, 2.05) is 72.8 Å². The highest BCUT2D eigenvalue weighted by atomic mass is 16.5. The van der Waals surface area contributed by atoms with Crippen LogP contribution < -0.4 is 4.90 Å². The van der Waals surface area contributed by atoms with Crippen LogP contribution in [0.3, 0.4) is 0 Å². The number of carboxylic acid groups (broad SMARTS) is 1. The SMILES string of the molecule is CC1(C)C(/C=C/C(C#N)=C/C=C2/N(CCC(=O)O)c3ccccc3C2(C)Cc2ccccc2)=[N+](CCOC=O)c2ccccc21. The van der Waals surface area contributed by atoms with Crippen LogP contribution in [0.25, 0.3) is 0 Å². The van der Waals surface area contributed by atoms with Crippen LogP contribution >= 0.6 is 0 Å². The third-order valence-corrected chi connectivity index (χ3v) is 8.87. The lowest BCUT2D eigenvalue weighted by Crippen LogP contribution is -2.31. The van der Waals surface area contributed by atoms with Crippen LogP contribution in [-0.4, -0.2) is 47.5 Å². The Morgan fingerprint density at radius 1 is 1.00 bits per heavy atom. The van der Waals surface area contributed by atoms with Crippen LogP contribution in [0.5, 0.6) is 0 Å². The van der Waals surface area contributed by atoms with Crippen LogP contribution in [0, 0.1) is 11.3 Å². The van der Waals surface area contributed by atoms with E-state index in [0.717, 1.165) is 33.9 Å². The van der Waals surface area contributed by atoms with Gasteiger partial charge in [-0.15, -0.1) is 0 Å². The predicted octanol–water partition coefficient (Wildman–Crippen LogP) is 6.62. The zero-order valence-corrected chi connectivity index (χ0v) is 25.9. The monoisotopic (exact) mass is 600 g/mol. The van der Waals surface area contributed by atoms with E-state index in [-0.39, 0.29) is 18.4 Å². The topological polar surface area (TPSA) is 93.6 Å². The Morgan fingerprint density at radius 2 is 1.69 bits per heavy atom. The van der Waals surface area contributed by atoms with Crippen molar-refractivity contribution in [1.29, 1.82) is 5.26 Å². The molecular weight excluding hydrogens is 562 g/mol. The fourth-order valence-corrected chi connectivity index (χ4v) is 6.69. The van der Waals surface area contributed by atoms with E-state index in [9.17, 15) is 20.0 Å². The molecule has 1 unspecified atom stereocenters. The summed E-state index contributed by atoms with van der Waals surface area (Å²) in [5.41, 5.74) is 7.12. The van der Waals surface area contributed by atoms with Gasteiger partial charge in [0.1, 0.15) is 6.61 Å². The smallest absolute Gasteiger partial charge is 0.305 e. The van der Waals surface area contributed by atoms with Crippen molar-refractivity contribution in [2.24, 2.45) is 0 Å². The quantitative estimate of drug-likeness (QED) is 0.0826. The number of hydrogen-bond donors (Lipinski definition) is 1. The van der Waals surface area contributed by atoms with E-state index >= 15 is 0 Å². The summed E-state index contributed by atoms with van der Waals surface area (Å²) in [4.78, 5) is 24.6. The summed E-state index contributed by atoms with van der Waals surface area (Å²) in [6.07, 6.45) is 8.30. The second-order valence-corrected chi connectivity index (χ2v) is 12.1. The number of nitriles is 1. The molecule has 5 rings (SSSR count). The molecule has 2 heterocycles. The molecule has 0 amide bonds. The van der Waals surface area contributed by atoms with Crippen LogP contribution in [0.2, 0.25) is 0 Å². The van der Waals surface area contributed by atoms with Crippen molar-refractivity contribution < 1.29 is 24.0 Å². The van der Waals surface area contributed by atoms with Gasteiger partial charge in [0.2, 0.25) is 5.69 Å². The number of carbonyl (C=O) groups is 2. The van der Waals surface area contributed by atoms with Gasteiger partial charge in [-0.2, -0.15) is 9.84 Å². The normalized spacial score (nSPS) is 19.5. The van der Waals surface area contributed by atoms with E-state index in [4.69, 9.17) is 4.74 Å². The van der Waals surface area contributed by atoms with Crippen LogP contribution in [-0.2, 0) is 31.6 Å². The maximum atomic E-state index is 11.7. The number of rotatable bonds is 12. The molecule has 0 aliphatic carbocycles. The van der Waals surface area contributed by atoms with Gasteiger partial charge in [0.15, 0.2) is 12.3 Å². The van der Waals surface area contributed by atoms with Gasteiger partial charge in [0.25, 0.3) is 6.47 Å². The molecular formula is C38H38N3O4+. The van der Waals surface area contributed by atoms with Crippen LogP contribution in [0.1, 0.15) is 43.9 Å². The molecule has 7 nitrogen and oxygen atoms in total. The molecule has 0 spiro atoms. The van der Waals surface area contributed by atoms with Gasteiger partial charge in [-0.25, -0.2) is 0 Å². The molecule has 228 valence electrons. The summed E-state index contributed by atoms with van der Waals surface area (Å²) in [6.45, 7) is 7.99. The Morgan fingerprint density at radius 3 is 2.40 bits per heavy atom. The average Bonchev–Trinajstić information content (AvgIpc) is 3.40. The van der Waals surface area contributed by atoms with Gasteiger partial charge in [0.05, 0.1) is 23.5 Å². The van der Waals surface area contributed by atoms with Gasteiger partial charge in [-0.1, -0.05) is 66.7 Å². The third-order valence-electron chi connectivity index (χ3n) is 8.87. The van der Waals surface area contributed by atoms with E-state index in [2.05, 4.69) is 66.6 Å². The van der Waals surface area contributed by atoms with Crippen molar-refractivity contribution in [3.8, 4) is 6.07 Å². The summed E-state index contributed by atoms with van der Waals surface area (Å²) in [6, 6.07) is 28.9. The molecule has 7 heteroatoms. The van der Waals surface area contributed by atoms with Gasteiger partial charge in [-0.05, 0) is 62.6 Å². The lowest BCUT2D eigenvalue weighted by molar-refractivity contribution is -0.440. The molecule has 2 aliphatic rings. The fraction of sp³-hybridized carbons (Fsp3) is 0.263. The lowest BCUT2D eigenvalue weighted by Gasteiger charge is -2.30. The maximum absolute atomic E-state index is 11.7. The summed E-state index contributed by atoms with van der Waals surface area (Å²) in [5.74, 6) is -0.861. The molecule has 0 saturated heterocycles. The van der Waals surface area contributed by atoms with Crippen molar-refractivity contribution in [2.45, 2.75) is 44.4 Å². The molecule has 3 aromatic rings. The number of carboxylic acids is 1. The summed E-state index contributed by atoms with van der Waals surface area (Å²) < 4.78 is 7.17. The minimum absolute atomic E-state index is 0.0145. The number of carbonyl (C=O) groups excluding carboxylic acids is 1. The number of benzene rings is 3. The number of aliphatic carboxylic acids is 1. The lowest BCUT2D eigenvalue weighted by atomic mass is 9.76. The van der Waals surface area contributed by atoms with E-state index in [1.165, 1.54) is 5.56 Å². The van der Waals surface area contributed by atoms with E-state index in [0.29, 0.717) is 31.6 Å². The number of ether oxygens (including phenoxy) is 1. The highest BCUT2D eigenvalue weighted by molar-refractivity contribution is 6.03. The molecule has 0 aromatic heterocycles. The molecule has 0 radical (unpaired) electrons. The highest BCUT2D eigenvalue weighted by Crippen LogP contribution is 2.49. The molecule has 2 aliphatic heterocycles. The standard InChI is InChI=1S/C38H37N3O4/c1-37(2)30-13-7-9-15-32(30)41(23-24-45-27-42)34(37)19-17-29(26-39)18-20-35-38(3,25-28-11-5-4-6-12-28)31-14-8-10-16-33(31)40(35)22-21-36(43)44/h4-20,27H,21-25H2,1-3H3/p+1. The molecule has 1 atom stereocenters. The Labute approximate surface area is 264 Å². The summed E-state index contributed by atoms with van der Waals surface area (Å²) in [7, 11) is 0. The average molecular weight is 601 g/mol. The van der Waals surface area contributed by atoms with Gasteiger partial charge in [-0.3, -0.25) is 9.59 Å². The molecule has 3 aromatic carbocycles. The second kappa shape index (κ2) is 13.2. The first-order valence-corrected chi connectivity index (χ1v) is 15.1. The van der Waals surface area contributed by atoms with E-state index in [1.54, 1.807) is 0 Å². The molecule has 0 bridgehead atoms. The number of hydrogen-bond acceptors (Lipinski definition) is 5. The first-order chi connectivity index (χ1) is 21.7.